The van der Waals surface area contributed by atoms with E-state index >= 15 is 0 Å². The van der Waals surface area contributed by atoms with Crippen molar-refractivity contribution in [1.29, 1.82) is 0 Å². The lowest BCUT2D eigenvalue weighted by Crippen LogP contribution is -2.44. The van der Waals surface area contributed by atoms with E-state index in [2.05, 4.69) is 218 Å². The number of hydrogen-bond donors (Lipinski definition) is 0. The van der Waals surface area contributed by atoms with Crippen molar-refractivity contribution in [3.63, 3.8) is 0 Å². The van der Waals surface area contributed by atoms with Crippen LogP contribution >= 0.6 is 21.6 Å². The van der Waals surface area contributed by atoms with Crippen LogP contribution in [0.3, 0.4) is 0 Å². The number of pyridine rings is 2. The second kappa shape index (κ2) is 31.5. The van der Waals surface area contributed by atoms with E-state index in [0.29, 0.717) is 0 Å². The first-order valence-corrected chi connectivity index (χ1v) is 28.5. The molecule has 0 atom stereocenters. The highest BCUT2D eigenvalue weighted by Crippen LogP contribution is 2.24. The number of aromatic nitrogens is 2. The number of rotatable bonds is 35. The zero-order chi connectivity index (χ0) is 47.3. The van der Waals surface area contributed by atoms with Gasteiger partial charge in [0.25, 0.3) is 0 Å². The van der Waals surface area contributed by atoms with Crippen LogP contribution < -0.4 is 18.9 Å². The van der Waals surface area contributed by atoms with Crippen LogP contribution in [0.5, 0.6) is 0 Å². The predicted octanol–water partition coefficient (Wildman–Crippen LogP) is 13.2. The Morgan fingerprint density at radius 1 is 0.424 bits per heavy atom. The van der Waals surface area contributed by atoms with Crippen LogP contribution in [0.2, 0.25) is 0 Å². The monoisotopic (exact) mass is 937 g/mol. The van der Waals surface area contributed by atoms with Gasteiger partial charge in [-0.1, -0.05) is 99.2 Å². The zero-order valence-corrected chi connectivity index (χ0v) is 44.7. The van der Waals surface area contributed by atoms with Gasteiger partial charge in [0.15, 0.2) is 25.5 Å². The molecule has 0 N–H and O–H groups in total. The van der Waals surface area contributed by atoms with Gasteiger partial charge in [0.1, 0.15) is 0 Å². The van der Waals surface area contributed by atoms with Crippen molar-refractivity contribution >= 4 is 57.3 Å². The maximum Gasteiger partial charge on any atom is 0.205 e. The Bertz CT molecular complexity index is 1780. The van der Waals surface area contributed by atoms with E-state index in [-0.39, 0.29) is 0 Å². The van der Waals surface area contributed by atoms with E-state index < -0.39 is 0 Å². The Morgan fingerprint density at radius 2 is 0.773 bits per heavy atom. The second-order valence-electron chi connectivity index (χ2n) is 19.7. The quantitative estimate of drug-likeness (QED) is 0.0197. The molecule has 0 aliphatic rings. The number of quaternary nitrogens is 2. The number of unbranched alkanes of at least 4 members (excludes halogenated alkanes) is 4. The van der Waals surface area contributed by atoms with Gasteiger partial charge < -0.3 is 18.8 Å². The number of benzene rings is 2. The molecule has 0 fully saturated rings. The van der Waals surface area contributed by atoms with Gasteiger partial charge in [0.2, 0.25) is 11.4 Å². The van der Waals surface area contributed by atoms with Crippen molar-refractivity contribution < 1.29 is 18.1 Å². The van der Waals surface area contributed by atoms with Gasteiger partial charge in [-0.15, -0.1) is 0 Å². The number of anilines is 2. The highest BCUT2D eigenvalue weighted by molar-refractivity contribution is 8.76. The maximum atomic E-state index is 2.56. The standard InChI is InChI=1S/C58H92N6S2/c1-9-13-39-59(40-14-10-2)57-35-29-53(30-36-57)27-33-55-25-17-19-43-61(55)45-21-47-63(5,6)49-23-51-65-66-52-24-50-64(7,8)48-22-46-62-44-20-18-26-56(62)34-28-54-31-37-58(38-32-54)60(41-15-11-3)42-16-12-4/h17-20,25-38,43-44H,9-16,21-24,39-42,45-52H2,1-8H3/q+4. The van der Waals surface area contributed by atoms with Crippen molar-refractivity contribution in [2.45, 2.75) is 118 Å². The molecular formula is C58H92N6S2+4. The van der Waals surface area contributed by atoms with Crippen LogP contribution in [0, 0.1) is 0 Å². The maximum absolute atomic E-state index is 2.56. The zero-order valence-electron chi connectivity index (χ0n) is 43.0. The van der Waals surface area contributed by atoms with Gasteiger partial charge in [-0.3, -0.25) is 0 Å². The smallest absolute Gasteiger partial charge is 0.205 e. The topological polar surface area (TPSA) is 14.2 Å². The number of hydrogen-bond acceptors (Lipinski definition) is 4. The van der Waals surface area contributed by atoms with Crippen LogP contribution in [0.1, 0.15) is 127 Å². The van der Waals surface area contributed by atoms with Crippen LogP contribution in [0.25, 0.3) is 24.3 Å². The van der Waals surface area contributed by atoms with Crippen molar-refractivity contribution in [3.05, 3.63) is 120 Å². The molecule has 2 aromatic heterocycles. The minimum atomic E-state index is 1.04. The third-order valence-electron chi connectivity index (χ3n) is 12.9. The Kier molecular flexibility index (Phi) is 26.3. The molecule has 6 nitrogen and oxygen atoms in total. The van der Waals surface area contributed by atoms with Crippen molar-refractivity contribution in [2.24, 2.45) is 0 Å². The fraction of sp³-hybridized carbons (Fsp3) is 0.552. The molecule has 4 rings (SSSR count). The summed E-state index contributed by atoms with van der Waals surface area (Å²) in [5.74, 6) is 2.47. The van der Waals surface area contributed by atoms with Crippen LogP contribution in [-0.2, 0) is 13.1 Å². The third kappa shape index (κ3) is 21.6. The van der Waals surface area contributed by atoms with Crippen molar-refractivity contribution in [2.75, 3.05) is 102 Å². The van der Waals surface area contributed by atoms with Gasteiger partial charge in [0, 0.05) is 98.3 Å². The summed E-state index contributed by atoms with van der Waals surface area (Å²) in [5.41, 5.74) is 7.75. The summed E-state index contributed by atoms with van der Waals surface area (Å²) < 4.78 is 7.01. The van der Waals surface area contributed by atoms with E-state index in [4.69, 9.17) is 0 Å². The van der Waals surface area contributed by atoms with Crippen molar-refractivity contribution in [1.82, 2.24) is 0 Å². The van der Waals surface area contributed by atoms with E-state index in [1.807, 2.05) is 0 Å². The van der Waals surface area contributed by atoms with E-state index in [1.165, 1.54) is 149 Å². The molecular weight excluding hydrogens is 845 g/mol. The Labute approximate surface area is 412 Å². The molecule has 4 aromatic rings. The highest BCUT2D eigenvalue weighted by Gasteiger charge is 2.19. The highest BCUT2D eigenvalue weighted by atomic mass is 33.1. The van der Waals surface area contributed by atoms with Gasteiger partial charge >= 0.3 is 0 Å². The first-order chi connectivity index (χ1) is 32.1. The summed E-state index contributed by atoms with van der Waals surface area (Å²) in [6.45, 7) is 20.6. The molecule has 66 heavy (non-hydrogen) atoms. The normalized spacial score (nSPS) is 12.2. The summed E-state index contributed by atoms with van der Waals surface area (Å²) in [6, 6.07) is 31.5. The van der Waals surface area contributed by atoms with Gasteiger partial charge in [-0.05, 0) is 85.4 Å². The van der Waals surface area contributed by atoms with Crippen LogP contribution in [-0.4, -0.2) is 101 Å². The molecule has 362 valence electrons. The van der Waals surface area contributed by atoms with Crippen LogP contribution in [0.4, 0.5) is 11.4 Å². The molecule has 0 radical (unpaired) electrons. The van der Waals surface area contributed by atoms with Gasteiger partial charge in [-0.2, -0.15) is 9.13 Å². The first kappa shape index (κ1) is 55.0. The predicted molar refractivity (Wildman–Crippen MR) is 295 cm³/mol. The largest absolute Gasteiger partial charge is 0.372 e. The molecule has 0 unspecified atom stereocenters. The van der Waals surface area contributed by atoms with E-state index in [0.717, 1.165) is 48.2 Å². The molecule has 8 heteroatoms. The van der Waals surface area contributed by atoms with Gasteiger partial charge in [-0.25, -0.2) is 0 Å². The minimum Gasteiger partial charge on any atom is -0.372 e. The summed E-state index contributed by atoms with van der Waals surface area (Å²) in [4.78, 5) is 5.12. The fourth-order valence-electron chi connectivity index (χ4n) is 8.56. The third-order valence-corrected chi connectivity index (χ3v) is 15.5. The van der Waals surface area contributed by atoms with Gasteiger partial charge in [0.05, 0.1) is 67.2 Å². The Hall–Kier alpha value is -3.56. The molecule has 0 saturated heterocycles. The average molecular weight is 938 g/mol. The average Bonchev–Trinajstić information content (AvgIpc) is 3.32. The molecule has 0 bridgehead atoms. The molecule has 0 aliphatic carbocycles. The summed E-state index contributed by atoms with van der Waals surface area (Å²) in [7, 11) is 13.8. The molecule has 2 aromatic carbocycles. The lowest BCUT2D eigenvalue weighted by molar-refractivity contribution is -0.892. The van der Waals surface area contributed by atoms with Crippen molar-refractivity contribution in [3.8, 4) is 0 Å². The van der Waals surface area contributed by atoms with E-state index in [1.54, 1.807) is 0 Å². The number of aryl methyl sites for hydroxylation is 2. The molecule has 0 saturated carbocycles. The molecule has 0 amide bonds. The van der Waals surface area contributed by atoms with Crippen LogP contribution in [0.15, 0.2) is 97.3 Å². The second-order valence-corrected chi connectivity index (χ2v) is 22.4. The SMILES string of the molecule is CCCCN(CCCC)c1ccc(/C=C/c2cccc[n+]2CCC[N+](C)(C)CCCSSCCC[N+](C)(C)CCC[n+]2ccccc2/C=C/c2ccc(N(CCCC)CCCC)cc2)cc1. The lowest BCUT2D eigenvalue weighted by atomic mass is 10.1. The molecule has 0 spiro atoms. The lowest BCUT2D eigenvalue weighted by Gasteiger charge is -2.29. The number of nitrogens with zero attached hydrogens (tertiary/aromatic N) is 6. The first-order valence-electron chi connectivity index (χ1n) is 26.0. The molecule has 2 heterocycles. The Balaban J connectivity index is 1.09. The minimum absolute atomic E-state index is 1.04. The summed E-state index contributed by atoms with van der Waals surface area (Å²) >= 11 is 0. The summed E-state index contributed by atoms with van der Waals surface area (Å²) in [6.07, 6.45) is 28.4. The van der Waals surface area contributed by atoms with E-state index in [9.17, 15) is 0 Å². The summed E-state index contributed by atoms with van der Waals surface area (Å²) in [5, 5.41) is 0. The molecule has 0 aliphatic heterocycles. The Morgan fingerprint density at radius 3 is 1.12 bits per heavy atom. The fourth-order valence-corrected chi connectivity index (χ4v) is 10.7.